The van der Waals surface area contributed by atoms with Gasteiger partial charge in [-0.1, -0.05) is 52.4 Å². The summed E-state index contributed by atoms with van der Waals surface area (Å²) in [6, 6.07) is 0. The molecule has 1 heteroatoms. The van der Waals surface area contributed by atoms with Crippen LogP contribution in [0.5, 0.6) is 0 Å². The zero-order valence-corrected chi connectivity index (χ0v) is 12.6. The van der Waals surface area contributed by atoms with Crippen molar-refractivity contribution in [1.82, 2.24) is 0 Å². The van der Waals surface area contributed by atoms with Crippen molar-refractivity contribution in [3.05, 3.63) is 21.9 Å². The fraction of sp³-hybridized carbons (Fsp3) is 0.750. The number of rotatable bonds is 9. The normalized spacial score (nSPS) is 12.9. The molecule has 0 nitrogen and oxygen atoms in total. The van der Waals surface area contributed by atoms with Gasteiger partial charge in [0.2, 0.25) is 0 Å². The Kier molecular flexibility index (Phi) is 7.59. The summed E-state index contributed by atoms with van der Waals surface area (Å²) < 4.78 is 0. The maximum Gasteiger partial charge on any atom is -0.00557 e. The molecule has 0 bridgehead atoms. The van der Waals surface area contributed by atoms with Gasteiger partial charge in [-0.3, -0.25) is 0 Å². The third-order valence-electron chi connectivity index (χ3n) is 3.65. The first kappa shape index (κ1) is 14.8. The Morgan fingerprint density at radius 1 is 0.941 bits per heavy atom. The van der Waals surface area contributed by atoms with Crippen LogP contribution in [0.2, 0.25) is 0 Å². The average Bonchev–Trinajstić information content (AvgIpc) is 2.75. The predicted molar refractivity (Wildman–Crippen MR) is 80.1 cm³/mol. The van der Waals surface area contributed by atoms with Crippen molar-refractivity contribution in [2.24, 2.45) is 0 Å². The van der Waals surface area contributed by atoms with Crippen molar-refractivity contribution in [3.63, 3.8) is 0 Å². The van der Waals surface area contributed by atoms with E-state index in [2.05, 4.69) is 31.5 Å². The second-order valence-electron chi connectivity index (χ2n) is 5.20. The first-order valence-electron chi connectivity index (χ1n) is 7.32. The summed E-state index contributed by atoms with van der Waals surface area (Å²) in [7, 11) is 0. The Bertz CT molecular complexity index is 287. The highest BCUT2D eigenvalue weighted by Gasteiger charge is 2.13. The quantitative estimate of drug-likeness (QED) is 0.452. The monoisotopic (exact) mass is 252 g/mol. The van der Waals surface area contributed by atoms with Gasteiger partial charge >= 0.3 is 0 Å². The van der Waals surface area contributed by atoms with Gasteiger partial charge in [-0.05, 0) is 47.6 Å². The summed E-state index contributed by atoms with van der Waals surface area (Å²) in [5.41, 5.74) is 3.16. The first-order chi connectivity index (χ1) is 8.29. The van der Waals surface area contributed by atoms with Crippen LogP contribution in [0, 0.1) is 6.92 Å². The molecule has 0 fully saturated rings. The van der Waals surface area contributed by atoms with Gasteiger partial charge in [0.25, 0.3) is 0 Å². The van der Waals surface area contributed by atoms with Gasteiger partial charge in [0, 0.05) is 0 Å². The highest BCUT2D eigenvalue weighted by Crippen LogP contribution is 2.32. The molecule has 0 aliphatic carbocycles. The smallest absolute Gasteiger partial charge is 0.00557 e. The van der Waals surface area contributed by atoms with Gasteiger partial charge in [-0.25, -0.2) is 0 Å². The minimum atomic E-state index is 0.832. The molecular formula is C16H28S. The molecule has 0 aromatic carbocycles. The number of hydrogen-bond acceptors (Lipinski definition) is 1. The third kappa shape index (κ3) is 5.25. The van der Waals surface area contributed by atoms with E-state index in [0.717, 1.165) is 5.92 Å². The van der Waals surface area contributed by atoms with Crippen LogP contribution in [-0.2, 0) is 0 Å². The first-order valence-corrected chi connectivity index (χ1v) is 8.26. The summed E-state index contributed by atoms with van der Waals surface area (Å²) in [6.45, 7) is 6.86. The fourth-order valence-corrected chi connectivity index (χ4v) is 3.45. The maximum atomic E-state index is 2.38. The number of thiophene rings is 1. The Hall–Kier alpha value is -0.300. The van der Waals surface area contributed by atoms with Gasteiger partial charge in [0.05, 0.1) is 0 Å². The van der Waals surface area contributed by atoms with E-state index in [1.807, 2.05) is 11.3 Å². The molecule has 1 aromatic heterocycles. The lowest BCUT2D eigenvalue weighted by Crippen LogP contribution is -1.99. The molecule has 0 saturated heterocycles. The lowest BCUT2D eigenvalue weighted by molar-refractivity contribution is 0.508. The van der Waals surface area contributed by atoms with Crippen LogP contribution in [-0.4, -0.2) is 0 Å². The van der Waals surface area contributed by atoms with Crippen LogP contribution in [0.1, 0.15) is 82.3 Å². The van der Waals surface area contributed by atoms with Crippen LogP contribution < -0.4 is 0 Å². The lowest BCUT2D eigenvalue weighted by atomic mass is 9.88. The average molecular weight is 252 g/mol. The Morgan fingerprint density at radius 2 is 1.65 bits per heavy atom. The molecule has 1 unspecified atom stereocenters. The Balaban J connectivity index is 2.46. The topological polar surface area (TPSA) is 0 Å². The van der Waals surface area contributed by atoms with Gasteiger partial charge in [-0.15, -0.1) is 0 Å². The molecule has 0 amide bonds. The van der Waals surface area contributed by atoms with E-state index in [1.54, 1.807) is 5.56 Å². The minimum absolute atomic E-state index is 0.832. The number of unbranched alkanes of at least 4 members (excludes halogenated alkanes) is 4. The van der Waals surface area contributed by atoms with Gasteiger partial charge in [-0.2, -0.15) is 11.3 Å². The largest absolute Gasteiger partial charge is 0.152 e. The second-order valence-corrected chi connectivity index (χ2v) is 5.94. The SMILES string of the molecule is CCCCCCC(CCCC)c1cscc1C. The lowest BCUT2D eigenvalue weighted by Gasteiger charge is -2.16. The fourth-order valence-electron chi connectivity index (χ4n) is 2.51. The summed E-state index contributed by atoms with van der Waals surface area (Å²) in [5, 5.41) is 4.69. The van der Waals surface area contributed by atoms with Crippen molar-refractivity contribution in [1.29, 1.82) is 0 Å². The molecule has 0 N–H and O–H groups in total. The van der Waals surface area contributed by atoms with Crippen LogP contribution >= 0.6 is 11.3 Å². The zero-order valence-electron chi connectivity index (χ0n) is 11.8. The van der Waals surface area contributed by atoms with Crippen LogP contribution in [0.15, 0.2) is 10.8 Å². The van der Waals surface area contributed by atoms with E-state index in [0.29, 0.717) is 0 Å². The van der Waals surface area contributed by atoms with Gasteiger partial charge in [0.1, 0.15) is 0 Å². The molecule has 0 radical (unpaired) electrons. The summed E-state index contributed by atoms with van der Waals surface area (Å²) in [4.78, 5) is 0. The molecule has 1 heterocycles. The molecule has 1 rings (SSSR count). The van der Waals surface area contributed by atoms with E-state index in [-0.39, 0.29) is 0 Å². The zero-order chi connectivity index (χ0) is 12.5. The van der Waals surface area contributed by atoms with E-state index < -0.39 is 0 Å². The molecule has 1 aromatic rings. The van der Waals surface area contributed by atoms with Crippen LogP contribution in [0.4, 0.5) is 0 Å². The van der Waals surface area contributed by atoms with Crippen molar-refractivity contribution < 1.29 is 0 Å². The summed E-state index contributed by atoms with van der Waals surface area (Å²) >= 11 is 1.87. The molecular weight excluding hydrogens is 224 g/mol. The van der Waals surface area contributed by atoms with E-state index in [9.17, 15) is 0 Å². The van der Waals surface area contributed by atoms with E-state index in [1.165, 1.54) is 56.9 Å². The van der Waals surface area contributed by atoms with Crippen molar-refractivity contribution >= 4 is 11.3 Å². The molecule has 0 spiro atoms. The van der Waals surface area contributed by atoms with Crippen molar-refractivity contribution in [2.45, 2.75) is 78.1 Å². The maximum absolute atomic E-state index is 2.38. The molecule has 0 saturated carbocycles. The summed E-state index contributed by atoms with van der Waals surface area (Å²) in [6.07, 6.45) is 11.1. The highest BCUT2D eigenvalue weighted by molar-refractivity contribution is 7.08. The van der Waals surface area contributed by atoms with Crippen LogP contribution in [0.25, 0.3) is 0 Å². The molecule has 0 aliphatic heterocycles. The summed E-state index contributed by atoms with van der Waals surface area (Å²) in [5.74, 6) is 0.832. The number of hydrogen-bond donors (Lipinski definition) is 0. The van der Waals surface area contributed by atoms with Crippen molar-refractivity contribution in [3.8, 4) is 0 Å². The Labute approximate surface area is 111 Å². The highest BCUT2D eigenvalue weighted by atomic mass is 32.1. The third-order valence-corrected chi connectivity index (χ3v) is 4.53. The van der Waals surface area contributed by atoms with Crippen LogP contribution in [0.3, 0.4) is 0 Å². The minimum Gasteiger partial charge on any atom is -0.152 e. The van der Waals surface area contributed by atoms with Gasteiger partial charge < -0.3 is 0 Å². The molecule has 98 valence electrons. The van der Waals surface area contributed by atoms with E-state index >= 15 is 0 Å². The van der Waals surface area contributed by atoms with Gasteiger partial charge in [0.15, 0.2) is 0 Å². The van der Waals surface area contributed by atoms with Crippen molar-refractivity contribution in [2.75, 3.05) is 0 Å². The predicted octanol–water partition coefficient (Wildman–Crippen LogP) is 6.30. The standard InChI is InChI=1S/C16H28S/c1-4-6-8-9-11-15(10-7-5-2)16-13-17-12-14(16)3/h12-13,15H,4-11H2,1-3H3. The molecule has 0 aliphatic rings. The molecule has 1 atom stereocenters. The Morgan fingerprint density at radius 3 is 2.24 bits per heavy atom. The molecule has 17 heavy (non-hydrogen) atoms. The number of aryl methyl sites for hydroxylation is 1. The second kappa shape index (κ2) is 8.74. The van der Waals surface area contributed by atoms with E-state index in [4.69, 9.17) is 0 Å².